The van der Waals surface area contributed by atoms with Gasteiger partial charge in [-0.25, -0.2) is 15.9 Å². The summed E-state index contributed by atoms with van der Waals surface area (Å²) in [6.45, 7) is -0.769. The van der Waals surface area contributed by atoms with E-state index in [0.717, 1.165) is 16.9 Å². The number of aliphatic carboxylic acids is 5. The van der Waals surface area contributed by atoms with Gasteiger partial charge in [0, 0.05) is 87.0 Å². The number of nitro benzene ring substituents is 1. The van der Waals surface area contributed by atoms with E-state index in [2.05, 4.69) is 25.4 Å². The maximum atomic E-state index is 11.8. The molecule has 102 heavy (non-hydrogen) atoms. The average Bonchev–Trinajstić information content (AvgIpc) is 0.899. The molecule has 0 saturated carbocycles. The molecule has 1 amide bonds. The zero-order valence-corrected chi connectivity index (χ0v) is 65.6. The van der Waals surface area contributed by atoms with Crippen molar-refractivity contribution in [1.82, 2.24) is 15.1 Å². The number of rotatable bonds is 34. The van der Waals surface area contributed by atoms with E-state index in [1.807, 2.05) is 12.5 Å². The first kappa shape index (κ1) is 133. The predicted molar refractivity (Wildman–Crippen MR) is 346 cm³/mol. The van der Waals surface area contributed by atoms with E-state index in [4.69, 9.17) is 95.4 Å². The van der Waals surface area contributed by atoms with Gasteiger partial charge in [0.2, 0.25) is 6.16 Å². The van der Waals surface area contributed by atoms with Crippen LogP contribution in [0.4, 0.5) is 31.4 Å². The molecule has 46 nitrogen and oxygen atoms in total. The number of nitro groups is 1. The molecule has 0 aromatic heterocycles. The molecule has 0 aliphatic rings. The maximum Gasteiger partial charge on any atom is 2.00 e. The summed E-state index contributed by atoms with van der Waals surface area (Å²) >= 11 is 0. The Labute approximate surface area is 673 Å². The van der Waals surface area contributed by atoms with E-state index in [1.54, 1.807) is 80.9 Å². The van der Waals surface area contributed by atoms with Crippen LogP contribution >= 0.6 is 43.2 Å². The molecule has 27 N–H and O–H groups in total. The molecule has 0 fully saturated rings. The monoisotopic (exact) mass is 1640 g/mol. The van der Waals surface area contributed by atoms with Gasteiger partial charge in [0.25, 0.3) is 5.69 Å². The molecule has 0 unspecified atom stereocenters. The summed E-state index contributed by atoms with van der Waals surface area (Å²) in [6, 6.07) is 16.5. The van der Waals surface area contributed by atoms with Gasteiger partial charge in [-0.1, -0.05) is 108 Å². The summed E-state index contributed by atoms with van der Waals surface area (Å²) < 4.78 is 49.0. The second-order valence-corrected chi connectivity index (χ2v) is 22.9. The molecular weight excluding hydrogens is 1570 g/mol. The molecule has 0 spiro atoms. The minimum absolute atomic E-state index is 0. The summed E-state index contributed by atoms with van der Waals surface area (Å²) in [5.74, 6) is -5.64. The van der Waals surface area contributed by atoms with Crippen LogP contribution in [-0.2, 0) is 78.9 Å². The third-order valence-electron chi connectivity index (χ3n) is 9.69. The molecule has 3 aromatic carbocycles. The number of amides is 1. The van der Waals surface area contributed by atoms with Gasteiger partial charge in [-0.3, -0.25) is 42.6 Å². The summed E-state index contributed by atoms with van der Waals surface area (Å²) in [4.78, 5) is 112. The van der Waals surface area contributed by atoms with Crippen LogP contribution in [0.3, 0.4) is 0 Å². The number of carbonyl (C=O) groups is 8. The molecule has 0 aliphatic heterocycles. The Hall–Kier alpha value is -5.22. The van der Waals surface area contributed by atoms with Crippen LogP contribution in [0.1, 0.15) is 36.8 Å². The number of benzene rings is 3. The van der Waals surface area contributed by atoms with Crippen LogP contribution in [-0.4, -0.2) is 244 Å². The Morgan fingerprint density at radius 2 is 1.02 bits per heavy atom. The third-order valence-corrected chi connectivity index (χ3v) is 14.2. The number of carboxylic acids is 5. The van der Waals surface area contributed by atoms with Crippen LogP contribution in [0.2, 0.25) is 0 Å². The Morgan fingerprint density at radius 1 is 0.657 bits per heavy atom. The Bertz CT molecular complexity index is 2910. The normalized spacial score (nSPS) is 10.1. The standard InChI is InChI=1S/C15H21N5O4S2.C14H10N4O5.C10H15N2O7.C7H16N2O2S2.CH2O3.Cu.3Na.H2O4S.8H2O/c1-25-26-12(6-7-13(16)14(21)22)8-18-15(23)24-9-10-2-4-11(5-3-10)19-20-17;15-17-16-11-3-1-10(2-4-11)9-22-14(19)23-13-7-5-12(6-8-13)18(20)21;13-4-3-11(5-8(14)15)1-2-12(6-9(16)17)7-10(18)19;1-12-13-5(4-8)2-3-6(9)7(10)11;2-1(3)4;;;;;1-5(2,3)4;;;;;;;;/h2-5,12-13H,6-9,16H2,1H3,(H,18,23)(H,21,22);1-8H,9H2;1-3,5-7H2,(H,14,15)(H,16,17)(H,18,19);5-6H,2-4,8-9H2,1H3,(H,10,11);(H2,2,3,4);;;;;(H2,1,2,3,4);8*1H2/q;;-1;;;+2;3*+1;;;;;;;;;/p-5/t12-,13-;;;5-,6-;;;;;;;;;;;;;;/m0..0............../s1. The number of nitrogens with two attached hydrogens (primary N) is 3. The number of nitrogens with one attached hydrogen (secondary N) is 1. The van der Waals surface area contributed by atoms with Crippen molar-refractivity contribution in [3.05, 3.63) is 115 Å². The van der Waals surface area contributed by atoms with E-state index in [0.29, 0.717) is 54.5 Å². The van der Waals surface area contributed by atoms with Crippen molar-refractivity contribution in [1.29, 1.82) is 0 Å². The SMILES string of the molecule is CSS[C@@H](CC[C@H](N)C(=O)O)CNC(=O)OCc1ccc(N=[N+]=[N-])cc1.CSS[C@H](CN)CC[C@H](N)C(=O)O.O.O.O.O.O.O.O.O=C([O-])O.O=S(=O)([O-])[O-].O=[C-]CN(CCN(CC(=O)[O-])CC(=O)O)CC(=O)O.[Cu+2].[N-]=[N+]=Nc1ccc(COC(=O)Oc2ccc([N+](=O)[O-])cc2)cc1.[Na+].[Na+].[Na+].[OH-]. The molecule has 1 radical (unpaired) electrons. The van der Waals surface area contributed by atoms with Crippen LogP contribution in [0.5, 0.6) is 5.75 Å². The smallest absolute Gasteiger partial charge is 0.870 e. The topological polar surface area (TPSA) is 897 Å². The second-order valence-electron chi connectivity index (χ2n) is 16.5. The molecule has 573 valence electrons. The summed E-state index contributed by atoms with van der Waals surface area (Å²) in [5, 5.41) is 80.6. The van der Waals surface area contributed by atoms with Crippen molar-refractivity contribution < 1.29 is 265 Å². The minimum atomic E-state index is -5.17. The van der Waals surface area contributed by atoms with E-state index >= 15 is 0 Å². The van der Waals surface area contributed by atoms with Gasteiger partial charge in [0.15, 0.2) is 0 Å². The average molecular weight is 1650 g/mol. The van der Waals surface area contributed by atoms with Crippen LogP contribution in [0.25, 0.3) is 20.9 Å². The third kappa shape index (κ3) is 83.7. The van der Waals surface area contributed by atoms with Gasteiger partial charge < -0.3 is 145 Å². The number of hydrogen-bond acceptors (Lipinski definition) is 32. The van der Waals surface area contributed by atoms with Gasteiger partial charge in [0.05, 0.1) is 24.0 Å². The number of azide groups is 2. The number of hydrogen-bond donors (Lipinski definition) is 9. The van der Waals surface area contributed by atoms with Crippen LogP contribution in [0.15, 0.2) is 83.0 Å². The van der Waals surface area contributed by atoms with Crippen molar-refractivity contribution >= 4 is 125 Å². The van der Waals surface area contributed by atoms with Crippen molar-refractivity contribution in [3.63, 3.8) is 0 Å². The first-order valence-corrected chi connectivity index (χ1v) is 31.1. The molecule has 0 aliphatic carbocycles. The quantitative estimate of drug-likeness (QED) is 0.00218. The molecule has 0 saturated heterocycles. The fourth-order valence-electron chi connectivity index (χ4n) is 5.73. The van der Waals surface area contributed by atoms with Gasteiger partial charge >= 0.3 is 142 Å². The van der Waals surface area contributed by atoms with E-state index in [1.165, 1.54) is 46.2 Å². The van der Waals surface area contributed by atoms with Gasteiger partial charge in [-0.2, -0.15) is 0 Å². The summed E-state index contributed by atoms with van der Waals surface area (Å²) in [5.41, 5.74) is 35.3. The van der Waals surface area contributed by atoms with Crippen molar-refractivity contribution in [3.8, 4) is 5.75 Å². The van der Waals surface area contributed by atoms with Gasteiger partial charge in [-0.15, -0.1) is 0 Å². The van der Waals surface area contributed by atoms with E-state index < -0.39 is 95.3 Å². The zero-order chi connectivity index (χ0) is 69.2. The van der Waals surface area contributed by atoms with E-state index in [9.17, 15) is 53.6 Å². The first-order chi connectivity index (χ1) is 42.2. The summed E-state index contributed by atoms with van der Waals surface area (Å²) in [6.07, 6.45) is 4.00. The number of nitrogens with zero attached hydrogens (tertiary/aromatic N) is 9. The molecule has 4 atom stereocenters. The van der Waals surface area contributed by atoms with Crippen molar-refractivity contribution in [2.45, 2.75) is 61.5 Å². The fourth-order valence-corrected chi connectivity index (χ4v) is 9.62. The minimum Gasteiger partial charge on any atom is -0.870 e. The number of non-ortho nitro benzene ring substituents is 1. The number of carbonyl (C=O) groups excluding carboxylic acids is 4. The van der Waals surface area contributed by atoms with Gasteiger partial charge in [-0.05, 0) is 72.5 Å². The fraction of sp³-hybridized carbons (Fsp3) is 0.426. The van der Waals surface area contributed by atoms with Crippen molar-refractivity contribution in [2.75, 3.05) is 64.9 Å². The second kappa shape index (κ2) is 81.4. The maximum absolute atomic E-state index is 11.8. The van der Waals surface area contributed by atoms with Crippen LogP contribution < -0.4 is 126 Å². The van der Waals surface area contributed by atoms with Gasteiger partial charge in [0.1, 0.15) is 31.0 Å². The largest absolute Gasteiger partial charge is 2.00 e. The molecule has 0 bridgehead atoms. The Balaban J connectivity index is -0.0000000716. The number of carboxylic acid groups (broad SMARTS) is 7. The molecule has 0 heterocycles. The molecular formula is C47H77CuN13Na3O33S5-. The number of alkyl carbamates (subject to hydrolysis) is 1. The first-order valence-electron chi connectivity index (χ1n) is 24.6. The predicted octanol–water partition coefficient (Wildman–Crippen LogP) is -12.6. The Morgan fingerprint density at radius 3 is 1.35 bits per heavy atom. The molecule has 3 aromatic rings. The summed E-state index contributed by atoms with van der Waals surface area (Å²) in [7, 11) is 1.24. The van der Waals surface area contributed by atoms with E-state index in [-0.39, 0.29) is 199 Å². The zero-order valence-electron chi connectivity index (χ0n) is 54.6. The van der Waals surface area contributed by atoms with Crippen LogP contribution in [0, 0.1) is 10.1 Å². The number of ether oxygens (including phenoxy) is 3. The molecule has 3 rings (SSSR count). The Kier molecular flexibility index (Phi) is 106. The molecule has 55 heteroatoms. The van der Waals surface area contributed by atoms with Crippen molar-refractivity contribution in [2.24, 2.45) is 27.4 Å².